The van der Waals surface area contributed by atoms with Crippen LogP contribution in [0.15, 0.2) is 12.2 Å². The van der Waals surface area contributed by atoms with E-state index in [2.05, 4.69) is 24.6 Å². The number of piperidine rings is 1. The van der Waals surface area contributed by atoms with Gasteiger partial charge in [0.15, 0.2) is 0 Å². The minimum atomic E-state index is -1.26. The number of hydrogen-bond donors (Lipinski definition) is 3. The van der Waals surface area contributed by atoms with E-state index in [9.17, 15) is 9.59 Å². The third-order valence-corrected chi connectivity index (χ3v) is 2.39. The minimum absolute atomic E-state index is 0.558. The van der Waals surface area contributed by atoms with Crippen LogP contribution in [-0.4, -0.2) is 52.4 Å². The molecule has 1 rings (SSSR count). The lowest BCUT2D eigenvalue weighted by Gasteiger charge is -2.26. The standard InChI is InChI=1S/C6H13NS.C4H4O4/c1-7-4-2-3-6(8)5-7;5-3(6)1-2-4(7)8/h6,8H,2-5H2,1H3;1-2H,(H,5,6)(H,7,8)/b;2-1-. The second-order valence-electron chi connectivity index (χ2n) is 3.57. The fourth-order valence-electron chi connectivity index (χ4n) is 1.28. The molecule has 0 aromatic carbocycles. The molecule has 1 unspecified atom stereocenters. The van der Waals surface area contributed by atoms with Crippen LogP contribution in [0.4, 0.5) is 0 Å². The molecule has 6 heteroatoms. The van der Waals surface area contributed by atoms with E-state index in [1.54, 1.807) is 0 Å². The molecule has 92 valence electrons. The highest BCUT2D eigenvalue weighted by Crippen LogP contribution is 2.12. The maximum absolute atomic E-state index is 9.55. The lowest BCUT2D eigenvalue weighted by molar-refractivity contribution is -0.134. The van der Waals surface area contributed by atoms with E-state index in [0.29, 0.717) is 17.4 Å². The van der Waals surface area contributed by atoms with Crippen LogP contribution in [0.2, 0.25) is 0 Å². The number of aliphatic carboxylic acids is 2. The molecule has 1 saturated heterocycles. The fraction of sp³-hybridized carbons (Fsp3) is 0.600. The van der Waals surface area contributed by atoms with Crippen LogP contribution < -0.4 is 0 Å². The molecule has 0 amide bonds. The second-order valence-corrected chi connectivity index (χ2v) is 4.30. The quantitative estimate of drug-likeness (QED) is 0.495. The van der Waals surface area contributed by atoms with E-state index in [4.69, 9.17) is 10.2 Å². The minimum Gasteiger partial charge on any atom is -0.478 e. The normalized spacial score (nSPS) is 21.2. The summed E-state index contributed by atoms with van der Waals surface area (Å²) < 4.78 is 0. The predicted molar refractivity (Wildman–Crippen MR) is 63.9 cm³/mol. The van der Waals surface area contributed by atoms with Gasteiger partial charge in [0.1, 0.15) is 0 Å². The van der Waals surface area contributed by atoms with Crippen LogP contribution in [0.3, 0.4) is 0 Å². The van der Waals surface area contributed by atoms with Crippen LogP contribution in [0, 0.1) is 0 Å². The van der Waals surface area contributed by atoms with Crippen LogP contribution in [0.5, 0.6) is 0 Å². The Morgan fingerprint density at radius 3 is 2.06 bits per heavy atom. The number of carbonyl (C=O) groups is 2. The van der Waals surface area contributed by atoms with Gasteiger partial charge >= 0.3 is 11.9 Å². The molecule has 1 heterocycles. The monoisotopic (exact) mass is 247 g/mol. The Labute approximate surface area is 100 Å². The maximum atomic E-state index is 9.55. The zero-order valence-corrected chi connectivity index (χ0v) is 10.1. The molecule has 1 aliphatic heterocycles. The van der Waals surface area contributed by atoms with Gasteiger partial charge < -0.3 is 15.1 Å². The molecule has 16 heavy (non-hydrogen) atoms. The molecular formula is C10H17NO4S. The Bertz CT molecular complexity index is 244. The lowest BCUT2D eigenvalue weighted by atomic mass is 10.1. The predicted octanol–water partition coefficient (Wildman–Crippen LogP) is 0.722. The van der Waals surface area contributed by atoms with Crippen molar-refractivity contribution in [3.63, 3.8) is 0 Å². The smallest absolute Gasteiger partial charge is 0.328 e. The second kappa shape index (κ2) is 8.18. The summed E-state index contributed by atoms with van der Waals surface area (Å²) in [5.74, 6) is -2.51. The Kier molecular flexibility index (Phi) is 7.66. The van der Waals surface area contributed by atoms with E-state index in [1.165, 1.54) is 25.9 Å². The van der Waals surface area contributed by atoms with E-state index >= 15 is 0 Å². The number of hydrogen-bond acceptors (Lipinski definition) is 4. The van der Waals surface area contributed by atoms with Crippen LogP contribution in [0.25, 0.3) is 0 Å². The summed E-state index contributed by atoms with van der Waals surface area (Å²) in [4.78, 5) is 21.4. The van der Waals surface area contributed by atoms with Crippen molar-refractivity contribution in [3.8, 4) is 0 Å². The van der Waals surface area contributed by atoms with Gasteiger partial charge in [-0.25, -0.2) is 9.59 Å². The zero-order valence-electron chi connectivity index (χ0n) is 9.17. The van der Waals surface area contributed by atoms with Crippen LogP contribution in [0.1, 0.15) is 12.8 Å². The average Bonchev–Trinajstić information content (AvgIpc) is 2.15. The van der Waals surface area contributed by atoms with Gasteiger partial charge in [0.25, 0.3) is 0 Å². The number of thiol groups is 1. The summed E-state index contributed by atoms with van der Waals surface area (Å²) in [6.07, 6.45) is 3.74. The zero-order chi connectivity index (χ0) is 12.6. The van der Waals surface area contributed by atoms with Gasteiger partial charge in [0.05, 0.1) is 0 Å². The van der Waals surface area contributed by atoms with Gasteiger partial charge in [-0.2, -0.15) is 12.6 Å². The molecule has 1 fully saturated rings. The summed E-state index contributed by atoms with van der Waals surface area (Å²) in [5.41, 5.74) is 0. The Balaban J connectivity index is 0.000000281. The summed E-state index contributed by atoms with van der Waals surface area (Å²) >= 11 is 4.38. The number of carboxylic acid groups (broad SMARTS) is 2. The third kappa shape index (κ3) is 9.54. The molecule has 2 N–H and O–H groups in total. The number of nitrogens with zero attached hydrogens (tertiary/aromatic N) is 1. The van der Waals surface area contributed by atoms with Gasteiger partial charge in [0.2, 0.25) is 0 Å². The van der Waals surface area contributed by atoms with Crippen LogP contribution in [-0.2, 0) is 9.59 Å². The first-order chi connectivity index (χ1) is 7.41. The molecule has 0 bridgehead atoms. The first kappa shape index (κ1) is 15.0. The van der Waals surface area contributed by atoms with Crippen molar-refractivity contribution in [1.29, 1.82) is 0 Å². The van der Waals surface area contributed by atoms with Gasteiger partial charge in [-0.3, -0.25) is 0 Å². The molecule has 1 atom stereocenters. The van der Waals surface area contributed by atoms with Gasteiger partial charge in [-0.1, -0.05) is 0 Å². The van der Waals surface area contributed by atoms with E-state index in [0.717, 1.165) is 0 Å². The summed E-state index contributed by atoms with van der Waals surface area (Å²) in [6, 6.07) is 0. The van der Waals surface area contributed by atoms with Crippen molar-refractivity contribution in [3.05, 3.63) is 12.2 Å². The van der Waals surface area contributed by atoms with Gasteiger partial charge in [-0.15, -0.1) is 0 Å². The Morgan fingerprint density at radius 1 is 1.31 bits per heavy atom. The largest absolute Gasteiger partial charge is 0.478 e. The molecule has 1 aliphatic rings. The number of likely N-dealkylation sites (tertiary alicyclic amines) is 1. The highest BCUT2D eigenvalue weighted by molar-refractivity contribution is 7.81. The lowest BCUT2D eigenvalue weighted by Crippen LogP contribution is -2.32. The highest BCUT2D eigenvalue weighted by atomic mass is 32.1. The molecule has 0 aromatic heterocycles. The Morgan fingerprint density at radius 2 is 1.81 bits per heavy atom. The van der Waals surface area contributed by atoms with Crippen LogP contribution >= 0.6 is 12.6 Å². The molecular weight excluding hydrogens is 230 g/mol. The van der Waals surface area contributed by atoms with Gasteiger partial charge in [0, 0.05) is 23.9 Å². The Hall–Kier alpha value is -1.01. The number of rotatable bonds is 2. The SMILES string of the molecule is CN1CCCC(S)C1.O=C(O)/C=C\C(=O)O. The van der Waals surface area contributed by atoms with E-state index in [1.807, 2.05) is 0 Å². The number of carboxylic acids is 2. The van der Waals surface area contributed by atoms with Crippen molar-refractivity contribution in [2.45, 2.75) is 18.1 Å². The molecule has 0 aromatic rings. The molecule has 0 spiro atoms. The van der Waals surface area contributed by atoms with Crippen molar-refractivity contribution < 1.29 is 19.8 Å². The summed E-state index contributed by atoms with van der Waals surface area (Å²) in [6.45, 7) is 2.43. The third-order valence-electron chi connectivity index (χ3n) is 1.97. The first-order valence-corrected chi connectivity index (χ1v) is 5.44. The van der Waals surface area contributed by atoms with Gasteiger partial charge in [-0.05, 0) is 26.4 Å². The molecule has 0 aliphatic carbocycles. The average molecular weight is 247 g/mol. The fourth-order valence-corrected chi connectivity index (χ4v) is 1.74. The van der Waals surface area contributed by atoms with Crippen molar-refractivity contribution in [1.82, 2.24) is 4.90 Å². The topological polar surface area (TPSA) is 77.8 Å². The van der Waals surface area contributed by atoms with Crippen molar-refractivity contribution >= 4 is 24.6 Å². The first-order valence-electron chi connectivity index (χ1n) is 4.92. The van der Waals surface area contributed by atoms with Crippen molar-refractivity contribution in [2.24, 2.45) is 0 Å². The van der Waals surface area contributed by atoms with E-state index in [-0.39, 0.29) is 0 Å². The molecule has 0 radical (unpaired) electrons. The maximum Gasteiger partial charge on any atom is 0.328 e. The van der Waals surface area contributed by atoms with Crippen molar-refractivity contribution in [2.75, 3.05) is 20.1 Å². The van der Waals surface area contributed by atoms with E-state index < -0.39 is 11.9 Å². The highest BCUT2D eigenvalue weighted by Gasteiger charge is 2.11. The summed E-state index contributed by atoms with van der Waals surface area (Å²) in [7, 11) is 2.16. The molecule has 0 saturated carbocycles. The molecule has 5 nitrogen and oxygen atoms in total. The summed E-state index contributed by atoms with van der Waals surface area (Å²) in [5, 5.41) is 16.3.